The van der Waals surface area contributed by atoms with Crippen LogP contribution in [0.1, 0.15) is 24.0 Å². The summed E-state index contributed by atoms with van der Waals surface area (Å²) in [5.41, 5.74) is 0.187. The molecule has 1 saturated heterocycles. The van der Waals surface area contributed by atoms with Gasteiger partial charge in [0.15, 0.2) is 0 Å². The van der Waals surface area contributed by atoms with E-state index in [9.17, 15) is 13.2 Å². The van der Waals surface area contributed by atoms with Crippen molar-refractivity contribution in [1.29, 1.82) is 0 Å². The van der Waals surface area contributed by atoms with Crippen LogP contribution in [0.3, 0.4) is 0 Å². The van der Waals surface area contributed by atoms with Crippen molar-refractivity contribution in [3.05, 3.63) is 35.4 Å². The van der Waals surface area contributed by atoms with E-state index >= 15 is 0 Å². The lowest BCUT2D eigenvalue weighted by Crippen LogP contribution is -2.23. The van der Waals surface area contributed by atoms with Gasteiger partial charge in [-0.1, -0.05) is 18.2 Å². The predicted octanol–water partition coefficient (Wildman–Crippen LogP) is 3.69. The molecule has 1 N–H and O–H groups in total. The molecule has 1 aromatic carbocycles. The van der Waals surface area contributed by atoms with Crippen molar-refractivity contribution < 1.29 is 13.2 Å². The Bertz CT molecular complexity index is 386. The first kappa shape index (κ1) is 13.7. The van der Waals surface area contributed by atoms with Gasteiger partial charge in [-0.15, -0.1) is 0 Å². The Morgan fingerprint density at radius 3 is 2.83 bits per heavy atom. The number of rotatable bonds is 4. The van der Waals surface area contributed by atoms with Crippen LogP contribution in [-0.2, 0) is 11.9 Å². The molecule has 1 fully saturated rings. The maximum atomic E-state index is 12.5. The molecule has 5 heteroatoms. The Labute approximate surface area is 109 Å². The first-order chi connectivity index (χ1) is 8.55. The van der Waals surface area contributed by atoms with Crippen LogP contribution >= 0.6 is 11.8 Å². The van der Waals surface area contributed by atoms with Gasteiger partial charge in [0.05, 0.1) is 5.56 Å². The molecule has 0 amide bonds. The van der Waals surface area contributed by atoms with Crippen molar-refractivity contribution in [1.82, 2.24) is 5.32 Å². The lowest BCUT2D eigenvalue weighted by Gasteiger charge is -2.11. The number of thioether (sulfide) groups is 1. The molecule has 1 nitrogen and oxygen atoms in total. The highest BCUT2D eigenvalue weighted by Crippen LogP contribution is 2.30. The van der Waals surface area contributed by atoms with Crippen LogP contribution in [0.15, 0.2) is 24.3 Å². The lowest BCUT2D eigenvalue weighted by molar-refractivity contribution is -0.137. The first-order valence-electron chi connectivity index (χ1n) is 6.03. The van der Waals surface area contributed by atoms with Gasteiger partial charge in [-0.25, -0.2) is 0 Å². The van der Waals surface area contributed by atoms with E-state index in [1.165, 1.54) is 25.0 Å². The number of hydrogen-bond donors (Lipinski definition) is 1. The molecular formula is C13H16F3NS. The molecule has 0 radical (unpaired) electrons. The first-order valence-corrected chi connectivity index (χ1v) is 7.18. The molecule has 100 valence electrons. The van der Waals surface area contributed by atoms with Gasteiger partial charge in [-0.2, -0.15) is 24.9 Å². The third kappa shape index (κ3) is 3.92. The maximum Gasteiger partial charge on any atom is 0.416 e. The van der Waals surface area contributed by atoms with Crippen molar-refractivity contribution in [3.8, 4) is 0 Å². The standard InChI is InChI=1S/C13H16F3NS/c14-13(15,16)11-4-1-3-10(7-11)8-18-9-12-5-2-6-17-12/h1,3-4,7,12,17H,2,5-6,8-9H2. The number of benzene rings is 1. The third-order valence-electron chi connectivity index (χ3n) is 3.00. The molecule has 1 atom stereocenters. The fraction of sp³-hybridized carbons (Fsp3) is 0.538. The van der Waals surface area contributed by atoms with Crippen LogP contribution in [-0.4, -0.2) is 18.3 Å². The normalized spacial score (nSPS) is 20.3. The van der Waals surface area contributed by atoms with Gasteiger partial charge < -0.3 is 5.32 Å². The Balaban J connectivity index is 1.85. The molecule has 1 heterocycles. The molecule has 18 heavy (non-hydrogen) atoms. The molecule has 1 aliphatic heterocycles. The van der Waals surface area contributed by atoms with Crippen molar-refractivity contribution in [2.24, 2.45) is 0 Å². The van der Waals surface area contributed by atoms with E-state index < -0.39 is 11.7 Å². The molecule has 1 unspecified atom stereocenters. The molecule has 0 bridgehead atoms. The van der Waals surface area contributed by atoms with E-state index in [2.05, 4.69) is 5.32 Å². The average molecular weight is 275 g/mol. The van der Waals surface area contributed by atoms with Crippen LogP contribution in [0.25, 0.3) is 0 Å². The molecule has 1 aromatic rings. The Hall–Kier alpha value is -0.680. The van der Waals surface area contributed by atoms with Gasteiger partial charge in [0.1, 0.15) is 0 Å². The fourth-order valence-corrected chi connectivity index (χ4v) is 3.16. The van der Waals surface area contributed by atoms with E-state index in [4.69, 9.17) is 0 Å². The topological polar surface area (TPSA) is 12.0 Å². The minimum absolute atomic E-state index is 0.529. The third-order valence-corrected chi connectivity index (χ3v) is 4.18. The van der Waals surface area contributed by atoms with Gasteiger partial charge in [0.2, 0.25) is 0 Å². The van der Waals surface area contributed by atoms with E-state index in [0.717, 1.165) is 23.9 Å². The zero-order valence-corrected chi connectivity index (χ0v) is 10.8. The SMILES string of the molecule is FC(F)(F)c1cccc(CSCC2CCCN2)c1. The Morgan fingerprint density at radius 2 is 2.17 bits per heavy atom. The van der Waals surface area contributed by atoms with Crippen LogP contribution < -0.4 is 5.32 Å². The van der Waals surface area contributed by atoms with E-state index in [-0.39, 0.29) is 0 Å². The Kier molecular flexibility index (Phi) is 4.56. The summed E-state index contributed by atoms with van der Waals surface area (Å²) < 4.78 is 37.6. The van der Waals surface area contributed by atoms with Gasteiger partial charge in [0, 0.05) is 17.5 Å². The summed E-state index contributed by atoms with van der Waals surface area (Å²) in [4.78, 5) is 0. The fourth-order valence-electron chi connectivity index (χ4n) is 2.06. The molecule has 1 aliphatic rings. The van der Waals surface area contributed by atoms with E-state index in [1.54, 1.807) is 17.8 Å². The minimum atomic E-state index is -4.24. The highest BCUT2D eigenvalue weighted by molar-refractivity contribution is 7.98. The second kappa shape index (κ2) is 5.97. The number of hydrogen-bond acceptors (Lipinski definition) is 2. The summed E-state index contributed by atoms with van der Waals surface area (Å²) in [6, 6.07) is 6.12. The monoisotopic (exact) mass is 275 g/mol. The minimum Gasteiger partial charge on any atom is -0.313 e. The summed E-state index contributed by atoms with van der Waals surface area (Å²) in [7, 11) is 0. The van der Waals surface area contributed by atoms with Gasteiger partial charge in [0.25, 0.3) is 0 Å². The summed E-state index contributed by atoms with van der Waals surface area (Å²) in [6.45, 7) is 1.06. The van der Waals surface area contributed by atoms with Gasteiger partial charge in [-0.05, 0) is 31.0 Å². The van der Waals surface area contributed by atoms with E-state index in [0.29, 0.717) is 11.8 Å². The van der Waals surface area contributed by atoms with Gasteiger partial charge in [-0.3, -0.25) is 0 Å². The van der Waals surface area contributed by atoms with Crippen LogP contribution in [0.2, 0.25) is 0 Å². The zero-order chi connectivity index (χ0) is 13.0. The summed E-state index contributed by atoms with van der Waals surface area (Å²) in [5.74, 6) is 1.61. The van der Waals surface area contributed by atoms with Crippen LogP contribution in [0.4, 0.5) is 13.2 Å². The highest BCUT2D eigenvalue weighted by Gasteiger charge is 2.30. The summed E-state index contributed by atoms with van der Waals surface area (Å²) >= 11 is 1.69. The number of alkyl halides is 3. The van der Waals surface area contributed by atoms with Crippen molar-refractivity contribution in [2.75, 3.05) is 12.3 Å². The molecule has 0 aromatic heterocycles. The molecule has 0 aliphatic carbocycles. The smallest absolute Gasteiger partial charge is 0.313 e. The lowest BCUT2D eigenvalue weighted by atomic mass is 10.1. The highest BCUT2D eigenvalue weighted by atomic mass is 32.2. The largest absolute Gasteiger partial charge is 0.416 e. The molecule has 2 rings (SSSR count). The maximum absolute atomic E-state index is 12.5. The predicted molar refractivity (Wildman–Crippen MR) is 68.6 cm³/mol. The van der Waals surface area contributed by atoms with Crippen LogP contribution in [0, 0.1) is 0 Å². The van der Waals surface area contributed by atoms with Crippen molar-refractivity contribution in [3.63, 3.8) is 0 Å². The van der Waals surface area contributed by atoms with E-state index in [1.807, 2.05) is 0 Å². The second-order valence-corrected chi connectivity index (χ2v) is 5.54. The van der Waals surface area contributed by atoms with Gasteiger partial charge >= 0.3 is 6.18 Å². The number of halogens is 3. The quantitative estimate of drug-likeness (QED) is 0.899. The van der Waals surface area contributed by atoms with Crippen LogP contribution in [0.5, 0.6) is 0 Å². The zero-order valence-electron chi connectivity index (χ0n) is 9.96. The average Bonchev–Trinajstić information content (AvgIpc) is 2.81. The van der Waals surface area contributed by atoms with Crippen molar-refractivity contribution in [2.45, 2.75) is 30.8 Å². The summed E-state index contributed by atoms with van der Waals surface area (Å²) in [6.07, 6.45) is -1.86. The van der Waals surface area contributed by atoms with Crippen molar-refractivity contribution >= 4 is 11.8 Å². The number of nitrogens with one attached hydrogen (secondary N) is 1. The Morgan fingerprint density at radius 1 is 1.33 bits per heavy atom. The molecular weight excluding hydrogens is 259 g/mol. The second-order valence-electron chi connectivity index (χ2n) is 4.51. The molecule has 0 spiro atoms. The molecule has 0 saturated carbocycles. The summed E-state index contributed by atoms with van der Waals surface area (Å²) in [5, 5.41) is 3.38.